The zero-order valence-corrected chi connectivity index (χ0v) is 20.8. The highest BCUT2D eigenvalue weighted by atomic mass is 19.4. The van der Waals surface area contributed by atoms with E-state index in [9.17, 15) is 23.1 Å². The van der Waals surface area contributed by atoms with Gasteiger partial charge < -0.3 is 19.0 Å². The second-order valence-electron chi connectivity index (χ2n) is 8.97. The Labute approximate surface area is 217 Å². The molecule has 9 heteroatoms. The Morgan fingerprint density at radius 2 is 1.58 bits per heavy atom. The normalized spacial score (nSPS) is 13.1. The van der Waals surface area contributed by atoms with Crippen LogP contribution in [0.4, 0.5) is 13.2 Å². The van der Waals surface area contributed by atoms with Crippen LogP contribution >= 0.6 is 0 Å². The van der Waals surface area contributed by atoms with Crippen molar-refractivity contribution in [2.24, 2.45) is 0 Å². The molecule has 198 valence electrons. The minimum atomic E-state index is -4.49. The lowest BCUT2D eigenvalue weighted by atomic mass is 9.96. The van der Waals surface area contributed by atoms with Crippen LogP contribution < -0.4 is 9.47 Å². The summed E-state index contributed by atoms with van der Waals surface area (Å²) in [5.74, 6) is 0.669. The van der Waals surface area contributed by atoms with E-state index in [1.54, 1.807) is 24.3 Å². The van der Waals surface area contributed by atoms with Gasteiger partial charge in [0.05, 0.1) is 17.9 Å². The van der Waals surface area contributed by atoms with Crippen molar-refractivity contribution < 1.29 is 37.0 Å². The summed E-state index contributed by atoms with van der Waals surface area (Å²) in [7, 11) is 0. The molecule has 0 spiro atoms. The first-order valence-corrected chi connectivity index (χ1v) is 11.9. The van der Waals surface area contributed by atoms with E-state index in [-0.39, 0.29) is 12.2 Å². The molecule has 38 heavy (non-hydrogen) atoms. The highest BCUT2D eigenvalue weighted by Gasteiger charge is 2.36. The van der Waals surface area contributed by atoms with E-state index in [0.717, 1.165) is 41.3 Å². The molecule has 0 saturated heterocycles. The molecule has 1 N–H and O–H groups in total. The van der Waals surface area contributed by atoms with Crippen LogP contribution in [0, 0.1) is 6.92 Å². The number of carbonyl (C=O) groups is 1. The van der Waals surface area contributed by atoms with E-state index in [1.807, 2.05) is 37.3 Å². The van der Waals surface area contributed by atoms with Crippen LogP contribution in [0.15, 0.2) is 83.3 Å². The number of hydrogen-bond donors (Lipinski definition) is 1. The third-order valence-corrected chi connectivity index (χ3v) is 5.96. The summed E-state index contributed by atoms with van der Waals surface area (Å²) in [5, 5.41) is 9.77. The molecule has 1 atom stereocenters. The molecule has 0 amide bonds. The number of nitrogens with zero attached hydrogens (tertiary/aromatic N) is 1. The van der Waals surface area contributed by atoms with Gasteiger partial charge in [-0.05, 0) is 67.9 Å². The van der Waals surface area contributed by atoms with Crippen molar-refractivity contribution in [3.63, 3.8) is 0 Å². The molecular weight excluding hydrogens is 499 g/mol. The lowest BCUT2D eigenvalue weighted by Gasteiger charge is -2.26. The molecule has 1 unspecified atom stereocenters. The fraction of sp³-hybridized carbons (Fsp3) is 0.241. The quantitative estimate of drug-likeness (QED) is 0.247. The monoisotopic (exact) mass is 525 g/mol. The minimum absolute atomic E-state index is 0.00989. The lowest BCUT2D eigenvalue weighted by Crippen LogP contribution is -2.43. The third kappa shape index (κ3) is 6.53. The zero-order valence-electron chi connectivity index (χ0n) is 20.8. The molecule has 0 aliphatic rings. The van der Waals surface area contributed by atoms with E-state index in [2.05, 4.69) is 4.98 Å². The van der Waals surface area contributed by atoms with Gasteiger partial charge in [-0.15, -0.1) is 0 Å². The number of halogens is 3. The summed E-state index contributed by atoms with van der Waals surface area (Å²) >= 11 is 0. The van der Waals surface area contributed by atoms with E-state index in [4.69, 9.17) is 13.9 Å². The molecular formula is C29H26F3NO5. The first-order valence-electron chi connectivity index (χ1n) is 11.9. The second kappa shape index (κ2) is 11.0. The van der Waals surface area contributed by atoms with Gasteiger partial charge >= 0.3 is 12.1 Å². The Kier molecular flexibility index (Phi) is 7.75. The predicted molar refractivity (Wildman–Crippen MR) is 134 cm³/mol. The number of aryl methyl sites for hydroxylation is 1. The van der Waals surface area contributed by atoms with Crippen LogP contribution in [0.3, 0.4) is 0 Å². The number of alkyl halides is 3. The molecule has 4 rings (SSSR count). The number of ether oxygens (including phenoxy) is 2. The Balaban J connectivity index is 1.34. The average molecular weight is 526 g/mol. The number of rotatable bonds is 10. The molecule has 0 fully saturated rings. The fourth-order valence-electron chi connectivity index (χ4n) is 3.85. The van der Waals surface area contributed by atoms with Gasteiger partial charge in [0.15, 0.2) is 0 Å². The molecule has 3 aromatic carbocycles. The number of carboxylic acids is 1. The SMILES string of the molecule is Cc1oc(-c2ccccc2)nc1CCOc1ccc(CC(C)(Oc2ccc(C(F)(F)F)cc2)C(=O)O)cc1. The molecule has 1 heterocycles. The summed E-state index contributed by atoms with van der Waals surface area (Å²) in [5.41, 5.74) is -0.169. The molecule has 0 bridgehead atoms. The summed E-state index contributed by atoms with van der Waals surface area (Å²) in [6.45, 7) is 3.60. The van der Waals surface area contributed by atoms with Crippen molar-refractivity contribution >= 4 is 5.97 Å². The van der Waals surface area contributed by atoms with E-state index in [1.165, 1.54) is 6.92 Å². The van der Waals surface area contributed by atoms with E-state index < -0.39 is 23.3 Å². The average Bonchev–Trinajstić information content (AvgIpc) is 3.25. The molecule has 6 nitrogen and oxygen atoms in total. The molecule has 0 aliphatic carbocycles. The maximum Gasteiger partial charge on any atom is 0.416 e. The summed E-state index contributed by atoms with van der Waals surface area (Å²) in [6, 6.07) is 20.4. The maximum atomic E-state index is 12.8. The Morgan fingerprint density at radius 3 is 2.18 bits per heavy atom. The largest absolute Gasteiger partial charge is 0.493 e. The summed E-state index contributed by atoms with van der Waals surface area (Å²) in [6.07, 6.45) is -3.95. The Morgan fingerprint density at radius 1 is 0.947 bits per heavy atom. The number of carboxylic acid groups (broad SMARTS) is 1. The lowest BCUT2D eigenvalue weighted by molar-refractivity contribution is -0.153. The standard InChI is InChI=1S/C29H26F3NO5/c1-19-25(33-26(37-19)21-6-4-3-5-7-21)16-17-36-23-12-8-20(9-13-23)18-28(2,27(34)35)38-24-14-10-22(11-15-24)29(30,31)32/h3-15H,16-18H2,1-2H3,(H,34,35). The zero-order chi connectivity index (χ0) is 27.3. The molecule has 1 aromatic heterocycles. The smallest absolute Gasteiger partial charge is 0.416 e. The summed E-state index contributed by atoms with van der Waals surface area (Å²) in [4.78, 5) is 16.5. The number of aliphatic carboxylic acids is 1. The van der Waals surface area contributed by atoms with E-state index >= 15 is 0 Å². The third-order valence-electron chi connectivity index (χ3n) is 5.96. The minimum Gasteiger partial charge on any atom is -0.493 e. The van der Waals surface area contributed by atoms with Gasteiger partial charge in [-0.3, -0.25) is 0 Å². The van der Waals surface area contributed by atoms with Crippen molar-refractivity contribution in [3.05, 3.63) is 101 Å². The van der Waals surface area contributed by atoms with Crippen molar-refractivity contribution in [3.8, 4) is 23.0 Å². The van der Waals surface area contributed by atoms with Crippen LogP contribution in [-0.4, -0.2) is 28.3 Å². The van der Waals surface area contributed by atoms with Crippen molar-refractivity contribution in [1.29, 1.82) is 0 Å². The molecule has 0 saturated carbocycles. The van der Waals surface area contributed by atoms with Crippen LogP contribution in [-0.2, 0) is 23.8 Å². The van der Waals surface area contributed by atoms with Crippen LogP contribution in [0.25, 0.3) is 11.5 Å². The highest BCUT2D eigenvalue weighted by Crippen LogP contribution is 2.32. The number of oxazole rings is 1. The van der Waals surface area contributed by atoms with Crippen molar-refractivity contribution in [2.45, 2.75) is 38.5 Å². The van der Waals surface area contributed by atoms with Crippen LogP contribution in [0.1, 0.15) is 29.5 Å². The van der Waals surface area contributed by atoms with E-state index in [0.29, 0.717) is 30.2 Å². The van der Waals surface area contributed by atoms with Gasteiger partial charge in [-0.2, -0.15) is 13.2 Å². The highest BCUT2D eigenvalue weighted by molar-refractivity contribution is 5.78. The van der Waals surface area contributed by atoms with Gasteiger partial charge in [-0.1, -0.05) is 30.3 Å². The summed E-state index contributed by atoms with van der Waals surface area (Å²) < 4.78 is 55.6. The first-order chi connectivity index (χ1) is 18.0. The topological polar surface area (TPSA) is 81.8 Å². The second-order valence-corrected chi connectivity index (χ2v) is 8.97. The number of hydrogen-bond acceptors (Lipinski definition) is 5. The van der Waals surface area contributed by atoms with Gasteiger partial charge in [0, 0.05) is 18.4 Å². The molecule has 0 aliphatic heterocycles. The van der Waals surface area contributed by atoms with Gasteiger partial charge in [0.2, 0.25) is 11.5 Å². The predicted octanol–water partition coefficient (Wildman–Crippen LogP) is 6.76. The Bertz CT molecular complexity index is 1370. The molecule has 4 aromatic rings. The molecule has 0 radical (unpaired) electrons. The van der Waals surface area contributed by atoms with Gasteiger partial charge in [0.1, 0.15) is 17.3 Å². The number of benzene rings is 3. The van der Waals surface area contributed by atoms with Crippen LogP contribution in [0.5, 0.6) is 11.5 Å². The fourth-order valence-corrected chi connectivity index (χ4v) is 3.85. The van der Waals surface area contributed by atoms with Gasteiger partial charge in [-0.25, -0.2) is 9.78 Å². The number of aromatic nitrogens is 1. The van der Waals surface area contributed by atoms with Crippen molar-refractivity contribution in [1.82, 2.24) is 4.98 Å². The van der Waals surface area contributed by atoms with Crippen LogP contribution in [0.2, 0.25) is 0 Å². The maximum absolute atomic E-state index is 12.8. The van der Waals surface area contributed by atoms with Crippen molar-refractivity contribution in [2.75, 3.05) is 6.61 Å². The van der Waals surface area contributed by atoms with Gasteiger partial charge in [0.25, 0.3) is 0 Å². The first kappa shape index (κ1) is 26.8. The Hall–Kier alpha value is -4.27.